The maximum absolute atomic E-state index is 12.6. The van der Waals surface area contributed by atoms with Crippen molar-refractivity contribution in [1.82, 2.24) is 10.2 Å². The average molecular weight is 396 g/mol. The molecular formula is C23H28N2O4. The number of likely N-dealkylation sites (tertiary alicyclic amines) is 1. The van der Waals surface area contributed by atoms with E-state index in [1.165, 1.54) is 0 Å². The van der Waals surface area contributed by atoms with E-state index in [9.17, 15) is 9.59 Å². The number of piperidine rings is 1. The number of carbonyl (C=O) groups is 2. The molecule has 154 valence electrons. The number of nitrogens with one attached hydrogen (secondary N) is 1. The molecule has 1 aliphatic heterocycles. The first-order valence-corrected chi connectivity index (χ1v) is 9.89. The van der Waals surface area contributed by atoms with Crippen molar-refractivity contribution in [3.63, 3.8) is 0 Å². The second-order valence-electron chi connectivity index (χ2n) is 7.42. The molecule has 0 unspecified atom stereocenters. The lowest BCUT2D eigenvalue weighted by Gasteiger charge is -2.32. The summed E-state index contributed by atoms with van der Waals surface area (Å²) in [7, 11) is 1.60. The van der Waals surface area contributed by atoms with Gasteiger partial charge in [0, 0.05) is 24.7 Å². The molecule has 0 bridgehead atoms. The van der Waals surface area contributed by atoms with Crippen LogP contribution in [-0.2, 0) is 4.79 Å². The van der Waals surface area contributed by atoms with Crippen LogP contribution in [0.3, 0.4) is 0 Å². The summed E-state index contributed by atoms with van der Waals surface area (Å²) in [5.74, 6) is 1.33. The summed E-state index contributed by atoms with van der Waals surface area (Å²) in [5.41, 5.74) is 2.83. The highest BCUT2D eigenvalue weighted by Gasteiger charge is 2.24. The molecule has 1 N–H and O–H groups in total. The van der Waals surface area contributed by atoms with E-state index < -0.39 is 0 Å². The molecule has 0 aliphatic carbocycles. The third kappa shape index (κ3) is 5.50. The molecule has 2 aromatic rings. The molecule has 1 heterocycles. The lowest BCUT2D eigenvalue weighted by atomic mass is 10.0. The summed E-state index contributed by atoms with van der Waals surface area (Å²) >= 11 is 0. The highest BCUT2D eigenvalue weighted by Crippen LogP contribution is 2.19. The van der Waals surface area contributed by atoms with Gasteiger partial charge in [0.15, 0.2) is 6.61 Å². The number of hydrogen-bond acceptors (Lipinski definition) is 4. The van der Waals surface area contributed by atoms with Crippen LogP contribution >= 0.6 is 0 Å². The summed E-state index contributed by atoms with van der Waals surface area (Å²) < 4.78 is 10.8. The fourth-order valence-corrected chi connectivity index (χ4v) is 3.52. The zero-order valence-corrected chi connectivity index (χ0v) is 17.2. The van der Waals surface area contributed by atoms with Crippen LogP contribution in [0.25, 0.3) is 0 Å². The Bertz CT molecular complexity index is 856. The Morgan fingerprint density at radius 1 is 1.07 bits per heavy atom. The zero-order valence-electron chi connectivity index (χ0n) is 17.2. The van der Waals surface area contributed by atoms with E-state index in [1.54, 1.807) is 31.4 Å². The van der Waals surface area contributed by atoms with E-state index in [4.69, 9.17) is 9.47 Å². The van der Waals surface area contributed by atoms with E-state index in [1.807, 2.05) is 36.9 Å². The van der Waals surface area contributed by atoms with Crippen molar-refractivity contribution < 1.29 is 19.1 Å². The van der Waals surface area contributed by atoms with Crippen molar-refractivity contribution in [2.45, 2.75) is 32.7 Å². The molecule has 29 heavy (non-hydrogen) atoms. The van der Waals surface area contributed by atoms with Crippen LogP contribution in [0, 0.1) is 13.8 Å². The van der Waals surface area contributed by atoms with E-state index in [0.29, 0.717) is 18.7 Å². The predicted octanol–water partition coefficient (Wildman–Crippen LogP) is 3.11. The third-order valence-corrected chi connectivity index (χ3v) is 5.17. The van der Waals surface area contributed by atoms with Crippen molar-refractivity contribution in [3.8, 4) is 11.5 Å². The summed E-state index contributed by atoms with van der Waals surface area (Å²) in [6.45, 7) is 5.22. The van der Waals surface area contributed by atoms with Gasteiger partial charge in [0.25, 0.3) is 11.8 Å². The molecule has 1 aliphatic rings. The number of nitrogens with zero attached hydrogens (tertiary/aromatic N) is 1. The molecular weight excluding hydrogens is 368 g/mol. The first-order valence-electron chi connectivity index (χ1n) is 9.89. The second kappa shape index (κ2) is 9.45. The fraction of sp³-hybridized carbons (Fsp3) is 0.391. The number of benzene rings is 2. The topological polar surface area (TPSA) is 67.9 Å². The van der Waals surface area contributed by atoms with Crippen molar-refractivity contribution >= 4 is 11.8 Å². The minimum Gasteiger partial charge on any atom is -0.497 e. The van der Waals surface area contributed by atoms with Gasteiger partial charge in [0.2, 0.25) is 0 Å². The van der Waals surface area contributed by atoms with Gasteiger partial charge in [0.1, 0.15) is 11.5 Å². The van der Waals surface area contributed by atoms with Crippen LogP contribution in [0.15, 0.2) is 42.5 Å². The van der Waals surface area contributed by atoms with Crippen LogP contribution in [0.5, 0.6) is 11.5 Å². The van der Waals surface area contributed by atoms with Gasteiger partial charge < -0.3 is 19.7 Å². The van der Waals surface area contributed by atoms with Crippen LogP contribution in [-0.4, -0.2) is 49.6 Å². The maximum Gasteiger partial charge on any atom is 0.258 e. The molecule has 0 atom stereocenters. The zero-order chi connectivity index (χ0) is 20.8. The Balaban J connectivity index is 1.44. The van der Waals surface area contributed by atoms with Gasteiger partial charge in [-0.3, -0.25) is 9.59 Å². The van der Waals surface area contributed by atoms with Gasteiger partial charge in [-0.2, -0.15) is 0 Å². The minimum absolute atomic E-state index is 0.00507. The van der Waals surface area contributed by atoms with E-state index in [2.05, 4.69) is 5.32 Å². The standard InChI is InChI=1S/C23H28N2O4/c1-16-4-9-21(17(2)14-16)29-15-22(26)24-19-10-12-25(13-11-19)23(27)18-5-7-20(28-3)8-6-18/h4-9,14,19H,10-13,15H2,1-3H3,(H,24,26). The van der Waals surface area contributed by atoms with Crippen molar-refractivity contribution in [1.29, 1.82) is 0 Å². The number of aryl methyl sites for hydroxylation is 2. The lowest BCUT2D eigenvalue weighted by molar-refractivity contribution is -0.124. The van der Waals surface area contributed by atoms with Gasteiger partial charge in [-0.05, 0) is 62.6 Å². The van der Waals surface area contributed by atoms with E-state index in [-0.39, 0.29) is 24.5 Å². The largest absolute Gasteiger partial charge is 0.497 e. The summed E-state index contributed by atoms with van der Waals surface area (Å²) in [4.78, 5) is 26.7. The highest BCUT2D eigenvalue weighted by molar-refractivity contribution is 5.94. The van der Waals surface area contributed by atoms with Gasteiger partial charge >= 0.3 is 0 Å². The third-order valence-electron chi connectivity index (χ3n) is 5.17. The van der Waals surface area contributed by atoms with Crippen LogP contribution in [0.1, 0.15) is 34.3 Å². The van der Waals surface area contributed by atoms with Crippen molar-refractivity contribution in [3.05, 3.63) is 59.2 Å². The van der Waals surface area contributed by atoms with Crippen molar-refractivity contribution in [2.24, 2.45) is 0 Å². The molecule has 0 radical (unpaired) electrons. The smallest absolute Gasteiger partial charge is 0.258 e. The molecule has 6 nitrogen and oxygen atoms in total. The van der Waals surface area contributed by atoms with E-state index in [0.717, 1.165) is 35.5 Å². The number of ether oxygens (including phenoxy) is 2. The van der Waals surface area contributed by atoms with E-state index >= 15 is 0 Å². The molecule has 0 saturated carbocycles. The molecule has 6 heteroatoms. The van der Waals surface area contributed by atoms with Crippen LogP contribution in [0.2, 0.25) is 0 Å². The Morgan fingerprint density at radius 2 is 1.76 bits per heavy atom. The molecule has 1 fully saturated rings. The maximum atomic E-state index is 12.6. The molecule has 3 rings (SSSR count). The molecule has 2 amide bonds. The normalized spacial score (nSPS) is 14.4. The first kappa shape index (κ1) is 20.7. The number of rotatable bonds is 6. The summed E-state index contributed by atoms with van der Waals surface area (Å²) in [6, 6.07) is 13.1. The quantitative estimate of drug-likeness (QED) is 0.815. The Hall–Kier alpha value is -3.02. The van der Waals surface area contributed by atoms with Gasteiger partial charge in [-0.1, -0.05) is 17.7 Å². The SMILES string of the molecule is COc1ccc(C(=O)N2CCC(NC(=O)COc3ccc(C)cc3C)CC2)cc1. The number of carbonyl (C=O) groups excluding carboxylic acids is 2. The van der Waals surface area contributed by atoms with Gasteiger partial charge in [-0.15, -0.1) is 0 Å². The van der Waals surface area contributed by atoms with Crippen molar-refractivity contribution in [2.75, 3.05) is 26.8 Å². The summed E-state index contributed by atoms with van der Waals surface area (Å²) in [5, 5.41) is 3.02. The molecule has 0 aromatic heterocycles. The van der Waals surface area contributed by atoms with Gasteiger partial charge in [0.05, 0.1) is 7.11 Å². The predicted molar refractivity (Wildman–Crippen MR) is 111 cm³/mol. The first-order chi connectivity index (χ1) is 14.0. The minimum atomic E-state index is -0.134. The number of hydrogen-bond donors (Lipinski definition) is 1. The van der Waals surface area contributed by atoms with Crippen LogP contribution < -0.4 is 14.8 Å². The monoisotopic (exact) mass is 396 g/mol. The lowest BCUT2D eigenvalue weighted by Crippen LogP contribution is -2.47. The Labute approximate surface area is 171 Å². The number of methoxy groups -OCH3 is 1. The second-order valence-corrected chi connectivity index (χ2v) is 7.42. The van der Waals surface area contributed by atoms with Gasteiger partial charge in [-0.25, -0.2) is 0 Å². The highest BCUT2D eigenvalue weighted by atomic mass is 16.5. The summed E-state index contributed by atoms with van der Waals surface area (Å²) in [6.07, 6.45) is 1.47. The molecule has 2 aromatic carbocycles. The Kier molecular flexibility index (Phi) is 6.75. The molecule has 0 spiro atoms. The average Bonchev–Trinajstić information content (AvgIpc) is 2.73. The van der Waals surface area contributed by atoms with Crippen LogP contribution in [0.4, 0.5) is 0 Å². The Morgan fingerprint density at radius 3 is 2.38 bits per heavy atom. The molecule has 1 saturated heterocycles. The fourth-order valence-electron chi connectivity index (χ4n) is 3.52. The number of amides is 2.